The first kappa shape index (κ1) is 20.4. The van der Waals surface area contributed by atoms with Gasteiger partial charge in [0.2, 0.25) is 0 Å². The lowest BCUT2D eigenvalue weighted by atomic mass is 9.86. The SMILES string of the molecule is CSc1ncc2c(Br)nn(CC3CCC(NC(=O)OC(C)(C)C)CC3)c2n1. The molecule has 1 aliphatic carbocycles. The van der Waals surface area contributed by atoms with Crippen molar-refractivity contribution in [3.05, 3.63) is 10.8 Å². The molecule has 148 valence electrons. The third-order valence-electron chi connectivity index (χ3n) is 4.60. The molecule has 1 saturated carbocycles. The summed E-state index contributed by atoms with van der Waals surface area (Å²) < 4.78 is 8.11. The summed E-state index contributed by atoms with van der Waals surface area (Å²) in [6.07, 6.45) is 7.46. The maximum atomic E-state index is 11.9. The third kappa shape index (κ3) is 5.34. The van der Waals surface area contributed by atoms with Gasteiger partial charge in [-0.1, -0.05) is 11.8 Å². The number of ether oxygens (including phenoxy) is 1. The van der Waals surface area contributed by atoms with Gasteiger partial charge < -0.3 is 10.1 Å². The summed E-state index contributed by atoms with van der Waals surface area (Å²) in [7, 11) is 0. The van der Waals surface area contributed by atoms with Gasteiger partial charge in [-0.2, -0.15) is 5.10 Å². The number of nitrogens with one attached hydrogen (secondary N) is 1. The minimum absolute atomic E-state index is 0.183. The van der Waals surface area contributed by atoms with Crippen molar-refractivity contribution in [3.8, 4) is 0 Å². The van der Waals surface area contributed by atoms with Crippen LogP contribution in [0.1, 0.15) is 46.5 Å². The van der Waals surface area contributed by atoms with Crippen LogP contribution in [0.4, 0.5) is 4.79 Å². The van der Waals surface area contributed by atoms with E-state index in [0.29, 0.717) is 5.92 Å². The molecule has 0 aromatic carbocycles. The Morgan fingerprint density at radius 2 is 2.07 bits per heavy atom. The second-order valence-electron chi connectivity index (χ2n) is 7.93. The lowest BCUT2D eigenvalue weighted by Crippen LogP contribution is -2.41. The van der Waals surface area contributed by atoms with Gasteiger partial charge in [-0.3, -0.25) is 0 Å². The molecule has 0 spiro atoms. The first-order chi connectivity index (χ1) is 12.7. The van der Waals surface area contributed by atoms with Gasteiger partial charge in [0.15, 0.2) is 10.8 Å². The van der Waals surface area contributed by atoms with E-state index in [1.807, 2.05) is 37.9 Å². The molecular weight excluding hydrogens is 430 g/mol. The molecule has 0 aliphatic heterocycles. The van der Waals surface area contributed by atoms with E-state index in [1.54, 1.807) is 0 Å². The molecular formula is C18H26BrN5O2S. The molecule has 0 radical (unpaired) electrons. The van der Waals surface area contributed by atoms with Crippen LogP contribution in [0.2, 0.25) is 0 Å². The maximum absolute atomic E-state index is 11.9. The fourth-order valence-corrected chi connectivity index (χ4v) is 4.15. The van der Waals surface area contributed by atoms with Crippen LogP contribution in [0, 0.1) is 5.92 Å². The summed E-state index contributed by atoms with van der Waals surface area (Å²) in [4.78, 5) is 20.9. The number of halogens is 1. The standard InChI is InChI=1S/C18H26BrN5O2S/c1-18(2,3)26-17(25)21-12-7-5-11(6-8-12)10-24-15-13(14(19)23-24)9-20-16(22-15)27-4/h9,11-12H,5-8,10H2,1-4H3,(H,21,25). The summed E-state index contributed by atoms with van der Waals surface area (Å²) in [5, 5.41) is 9.28. The highest BCUT2D eigenvalue weighted by Crippen LogP contribution is 2.29. The van der Waals surface area contributed by atoms with Crippen LogP contribution in [0.5, 0.6) is 0 Å². The van der Waals surface area contributed by atoms with E-state index in [1.165, 1.54) is 11.8 Å². The van der Waals surface area contributed by atoms with Crippen molar-refractivity contribution in [1.29, 1.82) is 0 Å². The van der Waals surface area contributed by atoms with Crippen LogP contribution in [-0.4, -0.2) is 43.7 Å². The lowest BCUT2D eigenvalue weighted by Gasteiger charge is -2.30. The highest BCUT2D eigenvalue weighted by atomic mass is 79.9. The average Bonchev–Trinajstić information content (AvgIpc) is 2.90. The molecule has 2 aromatic heterocycles. The lowest BCUT2D eigenvalue weighted by molar-refractivity contribution is 0.0486. The monoisotopic (exact) mass is 455 g/mol. The number of carbonyl (C=O) groups excluding carboxylic acids is 1. The zero-order valence-electron chi connectivity index (χ0n) is 16.2. The normalized spacial score (nSPS) is 20.6. The molecule has 1 amide bonds. The molecule has 2 aromatic rings. The minimum Gasteiger partial charge on any atom is -0.444 e. The molecule has 3 rings (SSSR count). The molecule has 1 aliphatic rings. The Morgan fingerprint density at radius 1 is 1.37 bits per heavy atom. The maximum Gasteiger partial charge on any atom is 0.407 e. The highest BCUT2D eigenvalue weighted by Gasteiger charge is 2.26. The van der Waals surface area contributed by atoms with Gasteiger partial charge in [-0.15, -0.1) is 0 Å². The van der Waals surface area contributed by atoms with Crippen LogP contribution >= 0.6 is 27.7 Å². The fourth-order valence-electron chi connectivity index (χ4n) is 3.34. The second kappa shape index (κ2) is 8.34. The van der Waals surface area contributed by atoms with Crippen molar-refractivity contribution in [3.63, 3.8) is 0 Å². The molecule has 0 saturated heterocycles. The Bertz CT molecular complexity index is 812. The zero-order valence-corrected chi connectivity index (χ0v) is 18.6. The van der Waals surface area contributed by atoms with Crippen LogP contribution < -0.4 is 5.32 Å². The Kier molecular flexibility index (Phi) is 6.30. The number of thioether (sulfide) groups is 1. The summed E-state index contributed by atoms with van der Waals surface area (Å²) in [5.41, 5.74) is 0.406. The topological polar surface area (TPSA) is 81.9 Å². The van der Waals surface area contributed by atoms with Gasteiger partial charge in [0.1, 0.15) is 10.2 Å². The number of amides is 1. The Balaban J connectivity index is 1.58. The van der Waals surface area contributed by atoms with E-state index in [9.17, 15) is 4.79 Å². The summed E-state index contributed by atoms with van der Waals surface area (Å²) >= 11 is 5.04. The number of alkyl carbamates (subject to hydrolysis) is 1. The van der Waals surface area contributed by atoms with E-state index in [2.05, 4.69) is 36.3 Å². The van der Waals surface area contributed by atoms with Crippen molar-refractivity contribution >= 4 is 44.8 Å². The number of aromatic nitrogens is 4. The number of hydrogen-bond acceptors (Lipinski definition) is 6. The molecule has 0 unspecified atom stereocenters. The number of nitrogens with zero attached hydrogens (tertiary/aromatic N) is 4. The van der Waals surface area contributed by atoms with E-state index >= 15 is 0 Å². The van der Waals surface area contributed by atoms with Gasteiger partial charge in [0.05, 0.1) is 5.39 Å². The Morgan fingerprint density at radius 3 is 2.70 bits per heavy atom. The quantitative estimate of drug-likeness (QED) is 0.543. The van der Waals surface area contributed by atoms with Crippen molar-refractivity contribution < 1.29 is 9.53 Å². The van der Waals surface area contributed by atoms with Crippen LogP contribution in [-0.2, 0) is 11.3 Å². The molecule has 27 heavy (non-hydrogen) atoms. The highest BCUT2D eigenvalue weighted by molar-refractivity contribution is 9.10. The number of rotatable bonds is 4. The van der Waals surface area contributed by atoms with E-state index < -0.39 is 5.60 Å². The predicted molar refractivity (Wildman–Crippen MR) is 110 cm³/mol. The fraction of sp³-hybridized carbons (Fsp3) is 0.667. The van der Waals surface area contributed by atoms with Crippen molar-refractivity contribution in [2.75, 3.05) is 6.26 Å². The smallest absolute Gasteiger partial charge is 0.407 e. The summed E-state index contributed by atoms with van der Waals surface area (Å²) in [5.74, 6) is 0.518. The summed E-state index contributed by atoms with van der Waals surface area (Å²) in [6, 6.07) is 0.183. The van der Waals surface area contributed by atoms with E-state index in [4.69, 9.17) is 4.74 Å². The van der Waals surface area contributed by atoms with Crippen molar-refractivity contribution in [1.82, 2.24) is 25.1 Å². The van der Waals surface area contributed by atoms with Gasteiger partial charge in [0.25, 0.3) is 0 Å². The van der Waals surface area contributed by atoms with Crippen LogP contribution in [0.25, 0.3) is 11.0 Å². The molecule has 0 atom stereocenters. The average molecular weight is 456 g/mol. The zero-order chi connectivity index (χ0) is 19.6. The van der Waals surface area contributed by atoms with E-state index in [-0.39, 0.29) is 12.1 Å². The van der Waals surface area contributed by atoms with Crippen molar-refractivity contribution in [2.24, 2.45) is 5.92 Å². The summed E-state index contributed by atoms with van der Waals surface area (Å²) in [6.45, 7) is 6.46. The Hall–Kier alpha value is -1.35. The molecule has 9 heteroatoms. The Labute approximate surface area is 172 Å². The second-order valence-corrected chi connectivity index (χ2v) is 9.46. The third-order valence-corrected chi connectivity index (χ3v) is 5.75. The molecule has 1 N–H and O–H groups in total. The van der Waals surface area contributed by atoms with Gasteiger partial charge >= 0.3 is 6.09 Å². The largest absolute Gasteiger partial charge is 0.444 e. The number of hydrogen-bond donors (Lipinski definition) is 1. The molecule has 2 heterocycles. The molecule has 0 bridgehead atoms. The molecule has 1 fully saturated rings. The predicted octanol–water partition coefficient (Wildman–Crippen LogP) is 4.39. The molecule has 7 nitrogen and oxygen atoms in total. The van der Waals surface area contributed by atoms with Gasteiger partial charge in [0, 0.05) is 18.8 Å². The first-order valence-corrected chi connectivity index (χ1v) is 11.2. The number of fused-ring (bicyclic) bond motifs is 1. The van der Waals surface area contributed by atoms with Crippen molar-refractivity contribution in [2.45, 2.75) is 69.8 Å². The first-order valence-electron chi connectivity index (χ1n) is 9.17. The van der Waals surface area contributed by atoms with Crippen LogP contribution in [0.15, 0.2) is 16.0 Å². The van der Waals surface area contributed by atoms with Gasteiger partial charge in [-0.25, -0.2) is 19.4 Å². The minimum atomic E-state index is -0.465. The number of carbonyl (C=O) groups is 1. The van der Waals surface area contributed by atoms with Crippen LogP contribution in [0.3, 0.4) is 0 Å². The van der Waals surface area contributed by atoms with E-state index in [0.717, 1.165) is 53.0 Å². The van der Waals surface area contributed by atoms with Gasteiger partial charge in [-0.05, 0) is 74.6 Å².